The van der Waals surface area contributed by atoms with Crippen molar-refractivity contribution in [3.63, 3.8) is 0 Å². The molecular weight excluding hydrogens is 484 g/mol. The first-order chi connectivity index (χ1) is 17.8. The van der Waals surface area contributed by atoms with Gasteiger partial charge in [0.25, 0.3) is 5.91 Å². The Balaban J connectivity index is 1.95. The standard InChI is InChI=1S/C31H37ClN2O3/c1-5-23(4)33-31(36)28(19-24-13-7-6-8-14-24)34(20-25-15-9-11-17-27(25)32)30(35)21-37-29-18-12-10-16-26(29)22(2)3/h6-18,22-23,28H,5,19-21H2,1-4H3,(H,33,36)/t23-,28-/m0/s1. The maximum atomic E-state index is 13.8. The summed E-state index contributed by atoms with van der Waals surface area (Å²) < 4.78 is 6.04. The number of amides is 2. The quantitative estimate of drug-likeness (QED) is 0.301. The lowest BCUT2D eigenvalue weighted by atomic mass is 10.0. The number of carbonyl (C=O) groups is 2. The Hall–Kier alpha value is -3.31. The van der Waals surface area contributed by atoms with Crippen LogP contribution < -0.4 is 10.1 Å². The van der Waals surface area contributed by atoms with E-state index in [0.29, 0.717) is 17.2 Å². The van der Waals surface area contributed by atoms with Gasteiger partial charge in [0.15, 0.2) is 6.61 Å². The minimum atomic E-state index is -0.732. The molecule has 0 aliphatic rings. The van der Waals surface area contributed by atoms with Crippen LogP contribution in [0.2, 0.25) is 5.02 Å². The smallest absolute Gasteiger partial charge is 0.261 e. The van der Waals surface area contributed by atoms with Gasteiger partial charge < -0.3 is 15.0 Å². The van der Waals surface area contributed by atoms with Gasteiger partial charge in [0, 0.05) is 24.0 Å². The highest BCUT2D eigenvalue weighted by Gasteiger charge is 2.31. The van der Waals surface area contributed by atoms with E-state index in [2.05, 4.69) is 19.2 Å². The highest BCUT2D eigenvalue weighted by molar-refractivity contribution is 6.31. The fourth-order valence-corrected chi connectivity index (χ4v) is 4.31. The number of carbonyl (C=O) groups excluding carboxylic acids is 2. The Labute approximate surface area is 225 Å². The fourth-order valence-electron chi connectivity index (χ4n) is 4.12. The number of nitrogens with one attached hydrogen (secondary N) is 1. The number of hydrogen-bond acceptors (Lipinski definition) is 3. The van der Waals surface area contributed by atoms with Crippen LogP contribution in [-0.4, -0.2) is 35.4 Å². The molecule has 37 heavy (non-hydrogen) atoms. The van der Waals surface area contributed by atoms with Crippen molar-refractivity contribution in [3.05, 3.63) is 101 Å². The number of rotatable bonds is 12. The predicted molar refractivity (Wildman–Crippen MR) is 150 cm³/mol. The third-order valence-electron chi connectivity index (χ3n) is 6.46. The normalized spacial score (nSPS) is 12.6. The van der Waals surface area contributed by atoms with Gasteiger partial charge in [-0.1, -0.05) is 99.1 Å². The molecule has 1 N–H and O–H groups in total. The summed E-state index contributed by atoms with van der Waals surface area (Å²) >= 11 is 6.48. The molecule has 6 heteroatoms. The molecule has 2 amide bonds. The Kier molecular flexibility index (Phi) is 10.6. The number of nitrogens with zero attached hydrogens (tertiary/aromatic N) is 1. The monoisotopic (exact) mass is 520 g/mol. The van der Waals surface area contributed by atoms with Crippen LogP contribution in [0.5, 0.6) is 5.75 Å². The van der Waals surface area contributed by atoms with Crippen LogP contribution in [0.3, 0.4) is 0 Å². The average molecular weight is 521 g/mol. The van der Waals surface area contributed by atoms with Gasteiger partial charge in [0.1, 0.15) is 11.8 Å². The van der Waals surface area contributed by atoms with Crippen molar-refractivity contribution in [2.24, 2.45) is 0 Å². The topological polar surface area (TPSA) is 58.6 Å². The largest absolute Gasteiger partial charge is 0.483 e. The van der Waals surface area contributed by atoms with E-state index in [-0.39, 0.29) is 36.9 Å². The summed E-state index contributed by atoms with van der Waals surface area (Å²) in [4.78, 5) is 29.0. The summed E-state index contributed by atoms with van der Waals surface area (Å²) in [6.45, 7) is 8.16. The second kappa shape index (κ2) is 13.8. The zero-order valence-corrected chi connectivity index (χ0v) is 22.9. The molecule has 0 aromatic heterocycles. The molecule has 196 valence electrons. The Morgan fingerprint density at radius 3 is 2.24 bits per heavy atom. The van der Waals surface area contributed by atoms with Gasteiger partial charge in [-0.3, -0.25) is 9.59 Å². The first-order valence-corrected chi connectivity index (χ1v) is 13.3. The second-order valence-electron chi connectivity index (χ2n) is 9.62. The van der Waals surface area contributed by atoms with Crippen LogP contribution in [0.4, 0.5) is 0 Å². The van der Waals surface area contributed by atoms with Crippen molar-refractivity contribution in [2.45, 2.75) is 65.1 Å². The van der Waals surface area contributed by atoms with Crippen LogP contribution in [-0.2, 0) is 22.6 Å². The molecule has 0 fully saturated rings. The molecule has 0 bridgehead atoms. The Bertz CT molecular complexity index is 1170. The lowest BCUT2D eigenvalue weighted by Crippen LogP contribution is -2.53. The summed E-state index contributed by atoms with van der Waals surface area (Å²) in [6, 6.07) is 24.1. The molecule has 0 saturated carbocycles. The van der Waals surface area contributed by atoms with E-state index in [1.807, 2.05) is 86.6 Å². The van der Waals surface area contributed by atoms with Gasteiger partial charge in [-0.15, -0.1) is 0 Å². The van der Waals surface area contributed by atoms with Crippen LogP contribution in [0.1, 0.15) is 56.7 Å². The fraction of sp³-hybridized carbons (Fsp3) is 0.355. The molecule has 0 aliphatic heterocycles. The van der Waals surface area contributed by atoms with Crippen molar-refractivity contribution in [1.82, 2.24) is 10.2 Å². The molecule has 3 aromatic carbocycles. The molecule has 0 saturated heterocycles. The van der Waals surface area contributed by atoms with Crippen LogP contribution in [0.15, 0.2) is 78.9 Å². The van der Waals surface area contributed by atoms with E-state index in [9.17, 15) is 9.59 Å². The minimum Gasteiger partial charge on any atom is -0.483 e. The third kappa shape index (κ3) is 8.09. The number of ether oxygens (including phenoxy) is 1. The van der Waals surface area contributed by atoms with Crippen LogP contribution >= 0.6 is 11.6 Å². The number of para-hydroxylation sites is 1. The first kappa shape index (κ1) is 28.3. The zero-order chi connectivity index (χ0) is 26.8. The van der Waals surface area contributed by atoms with E-state index in [0.717, 1.165) is 23.1 Å². The number of halogens is 1. The summed E-state index contributed by atoms with van der Waals surface area (Å²) in [6.07, 6.45) is 1.17. The molecule has 0 unspecified atom stereocenters. The van der Waals surface area contributed by atoms with E-state index in [1.165, 1.54) is 0 Å². The number of benzene rings is 3. The van der Waals surface area contributed by atoms with E-state index >= 15 is 0 Å². The van der Waals surface area contributed by atoms with E-state index < -0.39 is 6.04 Å². The number of hydrogen-bond donors (Lipinski definition) is 1. The summed E-state index contributed by atoms with van der Waals surface area (Å²) in [7, 11) is 0. The molecular formula is C31H37ClN2O3. The molecule has 3 aromatic rings. The summed E-state index contributed by atoms with van der Waals surface area (Å²) in [5, 5.41) is 3.63. The first-order valence-electron chi connectivity index (χ1n) is 12.9. The zero-order valence-electron chi connectivity index (χ0n) is 22.1. The average Bonchev–Trinajstić information content (AvgIpc) is 2.90. The Morgan fingerprint density at radius 1 is 0.919 bits per heavy atom. The van der Waals surface area contributed by atoms with Crippen LogP contribution in [0.25, 0.3) is 0 Å². The second-order valence-corrected chi connectivity index (χ2v) is 10.0. The molecule has 0 spiro atoms. The van der Waals surface area contributed by atoms with Gasteiger partial charge in [-0.05, 0) is 48.1 Å². The summed E-state index contributed by atoms with van der Waals surface area (Å²) in [5.74, 6) is 0.449. The van der Waals surface area contributed by atoms with E-state index in [4.69, 9.17) is 16.3 Å². The molecule has 0 aliphatic carbocycles. The highest BCUT2D eigenvalue weighted by Crippen LogP contribution is 2.26. The SMILES string of the molecule is CC[C@H](C)NC(=O)[C@H](Cc1ccccc1)N(Cc1ccccc1Cl)C(=O)COc1ccccc1C(C)C. The van der Waals surface area contributed by atoms with Gasteiger partial charge in [0.2, 0.25) is 5.91 Å². The maximum Gasteiger partial charge on any atom is 0.261 e. The van der Waals surface area contributed by atoms with Crippen LogP contribution in [0, 0.1) is 0 Å². The lowest BCUT2D eigenvalue weighted by molar-refractivity contribution is -0.143. The molecule has 0 radical (unpaired) electrons. The summed E-state index contributed by atoms with van der Waals surface area (Å²) in [5.41, 5.74) is 2.77. The molecule has 3 rings (SSSR count). The van der Waals surface area contributed by atoms with Crippen molar-refractivity contribution in [2.75, 3.05) is 6.61 Å². The van der Waals surface area contributed by atoms with Gasteiger partial charge in [-0.2, -0.15) is 0 Å². The van der Waals surface area contributed by atoms with Gasteiger partial charge in [-0.25, -0.2) is 0 Å². The molecule has 0 heterocycles. The maximum absolute atomic E-state index is 13.8. The van der Waals surface area contributed by atoms with E-state index in [1.54, 1.807) is 11.0 Å². The Morgan fingerprint density at radius 2 is 1.57 bits per heavy atom. The van der Waals surface area contributed by atoms with Gasteiger partial charge >= 0.3 is 0 Å². The molecule has 5 nitrogen and oxygen atoms in total. The lowest BCUT2D eigenvalue weighted by Gasteiger charge is -2.32. The predicted octanol–water partition coefficient (Wildman–Crippen LogP) is 6.40. The van der Waals surface area contributed by atoms with Crippen molar-refractivity contribution in [3.8, 4) is 5.75 Å². The minimum absolute atomic E-state index is 0.0165. The highest BCUT2D eigenvalue weighted by atomic mass is 35.5. The van der Waals surface area contributed by atoms with Crippen molar-refractivity contribution >= 4 is 23.4 Å². The molecule has 2 atom stereocenters. The van der Waals surface area contributed by atoms with Gasteiger partial charge in [0.05, 0.1) is 0 Å². The third-order valence-corrected chi connectivity index (χ3v) is 6.83. The van der Waals surface area contributed by atoms with Crippen molar-refractivity contribution in [1.29, 1.82) is 0 Å². The van der Waals surface area contributed by atoms with Crippen molar-refractivity contribution < 1.29 is 14.3 Å².